The van der Waals surface area contributed by atoms with Crippen molar-refractivity contribution in [3.05, 3.63) is 102 Å². The molecule has 0 saturated carbocycles. The second kappa shape index (κ2) is 10.3. The van der Waals surface area contributed by atoms with Crippen molar-refractivity contribution < 1.29 is 9.53 Å². The van der Waals surface area contributed by atoms with E-state index in [1.807, 2.05) is 36.1 Å². The average Bonchev–Trinajstić information content (AvgIpc) is 2.81. The minimum atomic E-state index is 0.170. The number of piperazine rings is 1. The Hall–Kier alpha value is -3.11. The van der Waals surface area contributed by atoms with E-state index >= 15 is 0 Å². The molecule has 31 heavy (non-hydrogen) atoms. The van der Waals surface area contributed by atoms with Crippen molar-refractivity contribution in [3.63, 3.8) is 0 Å². The SMILES string of the molecule is Cc1cccc(OCCC(=O)N2CCN(C(c3ccccc3)c3ccccc3)CC2)c1. The fourth-order valence-electron chi connectivity index (χ4n) is 4.23. The van der Waals surface area contributed by atoms with Crippen LogP contribution in [0.5, 0.6) is 5.75 Å². The van der Waals surface area contributed by atoms with Crippen molar-refractivity contribution >= 4 is 5.91 Å². The lowest BCUT2D eigenvalue weighted by Gasteiger charge is -2.39. The quantitative estimate of drug-likeness (QED) is 0.562. The summed E-state index contributed by atoms with van der Waals surface area (Å²) in [7, 11) is 0. The number of nitrogens with zero attached hydrogens (tertiary/aromatic N) is 2. The monoisotopic (exact) mass is 414 g/mol. The number of aryl methyl sites for hydroxylation is 1. The molecule has 1 saturated heterocycles. The topological polar surface area (TPSA) is 32.8 Å². The maximum absolute atomic E-state index is 12.7. The van der Waals surface area contributed by atoms with Gasteiger partial charge in [0.2, 0.25) is 5.91 Å². The van der Waals surface area contributed by atoms with E-state index in [0.717, 1.165) is 37.5 Å². The van der Waals surface area contributed by atoms with E-state index in [4.69, 9.17) is 4.74 Å². The molecule has 1 aliphatic rings. The van der Waals surface area contributed by atoms with Gasteiger partial charge in [-0.2, -0.15) is 0 Å². The average molecular weight is 415 g/mol. The van der Waals surface area contributed by atoms with Gasteiger partial charge in [-0.25, -0.2) is 0 Å². The summed E-state index contributed by atoms with van der Waals surface area (Å²) in [6, 6.07) is 29.4. The summed E-state index contributed by atoms with van der Waals surface area (Å²) in [6.07, 6.45) is 0.411. The van der Waals surface area contributed by atoms with Gasteiger partial charge in [0.15, 0.2) is 0 Å². The molecule has 4 heteroatoms. The van der Waals surface area contributed by atoms with Gasteiger partial charge in [0.05, 0.1) is 19.1 Å². The van der Waals surface area contributed by atoms with Crippen molar-refractivity contribution in [3.8, 4) is 5.75 Å². The highest BCUT2D eigenvalue weighted by Gasteiger charge is 2.27. The molecule has 160 valence electrons. The minimum absolute atomic E-state index is 0.170. The molecule has 0 spiro atoms. The number of carbonyl (C=O) groups excluding carboxylic acids is 1. The molecule has 0 unspecified atom stereocenters. The molecule has 4 rings (SSSR count). The second-order valence-electron chi connectivity index (χ2n) is 8.06. The van der Waals surface area contributed by atoms with Crippen LogP contribution in [0.3, 0.4) is 0 Å². The van der Waals surface area contributed by atoms with Crippen LogP contribution >= 0.6 is 0 Å². The van der Waals surface area contributed by atoms with Crippen molar-refractivity contribution in [2.75, 3.05) is 32.8 Å². The van der Waals surface area contributed by atoms with Crippen LogP contribution in [-0.4, -0.2) is 48.5 Å². The third-order valence-electron chi connectivity index (χ3n) is 5.84. The molecule has 0 N–H and O–H groups in total. The first-order chi connectivity index (χ1) is 15.2. The predicted molar refractivity (Wildman–Crippen MR) is 124 cm³/mol. The van der Waals surface area contributed by atoms with Crippen molar-refractivity contribution in [2.45, 2.75) is 19.4 Å². The smallest absolute Gasteiger partial charge is 0.226 e. The van der Waals surface area contributed by atoms with Crippen LogP contribution in [0.2, 0.25) is 0 Å². The van der Waals surface area contributed by atoms with Crippen LogP contribution in [0.1, 0.15) is 29.2 Å². The summed E-state index contributed by atoms with van der Waals surface area (Å²) in [4.78, 5) is 17.2. The fourth-order valence-corrected chi connectivity index (χ4v) is 4.23. The third-order valence-corrected chi connectivity index (χ3v) is 5.84. The Kier molecular flexibility index (Phi) is 7.00. The van der Waals surface area contributed by atoms with Gasteiger partial charge in [0, 0.05) is 26.2 Å². The molecular weight excluding hydrogens is 384 g/mol. The van der Waals surface area contributed by atoms with Crippen LogP contribution < -0.4 is 4.74 Å². The van der Waals surface area contributed by atoms with E-state index in [2.05, 4.69) is 65.6 Å². The maximum Gasteiger partial charge on any atom is 0.226 e. The first kappa shape index (κ1) is 21.1. The third kappa shape index (κ3) is 5.53. The van der Waals surface area contributed by atoms with Crippen molar-refractivity contribution in [1.29, 1.82) is 0 Å². The Morgan fingerprint density at radius 3 is 2.03 bits per heavy atom. The molecule has 0 aliphatic carbocycles. The first-order valence-corrected chi connectivity index (χ1v) is 11.0. The summed E-state index contributed by atoms with van der Waals surface area (Å²) >= 11 is 0. The lowest BCUT2D eigenvalue weighted by atomic mass is 9.96. The Morgan fingerprint density at radius 1 is 0.839 bits per heavy atom. The Bertz CT molecular complexity index is 927. The highest BCUT2D eigenvalue weighted by Crippen LogP contribution is 2.29. The van der Waals surface area contributed by atoms with E-state index < -0.39 is 0 Å². The normalized spacial score (nSPS) is 14.6. The van der Waals surface area contributed by atoms with E-state index in [1.165, 1.54) is 11.1 Å². The summed E-state index contributed by atoms with van der Waals surface area (Å²) in [5.74, 6) is 0.995. The molecule has 0 radical (unpaired) electrons. The van der Waals surface area contributed by atoms with Crippen LogP contribution in [-0.2, 0) is 4.79 Å². The van der Waals surface area contributed by atoms with E-state index in [-0.39, 0.29) is 11.9 Å². The summed E-state index contributed by atoms with van der Waals surface area (Å²) < 4.78 is 5.77. The number of ether oxygens (including phenoxy) is 1. The van der Waals surface area contributed by atoms with Gasteiger partial charge in [-0.05, 0) is 35.7 Å². The largest absolute Gasteiger partial charge is 0.493 e. The summed E-state index contributed by atoms with van der Waals surface area (Å²) in [6.45, 7) is 5.67. The number of rotatable bonds is 7. The molecule has 4 nitrogen and oxygen atoms in total. The molecule has 1 fully saturated rings. The maximum atomic E-state index is 12.7. The van der Waals surface area contributed by atoms with Gasteiger partial charge in [0.25, 0.3) is 0 Å². The highest BCUT2D eigenvalue weighted by molar-refractivity contribution is 5.76. The molecule has 0 aromatic heterocycles. The zero-order valence-electron chi connectivity index (χ0n) is 18.1. The van der Waals surface area contributed by atoms with Gasteiger partial charge in [0.1, 0.15) is 5.75 Å². The summed E-state index contributed by atoms with van der Waals surface area (Å²) in [5.41, 5.74) is 3.74. The number of amides is 1. The van der Waals surface area contributed by atoms with E-state index in [0.29, 0.717) is 13.0 Å². The number of hydrogen-bond acceptors (Lipinski definition) is 3. The molecule has 1 heterocycles. The van der Waals surface area contributed by atoms with Crippen LogP contribution in [0.4, 0.5) is 0 Å². The Morgan fingerprint density at radius 2 is 1.45 bits per heavy atom. The highest BCUT2D eigenvalue weighted by atomic mass is 16.5. The predicted octanol–water partition coefficient (Wildman–Crippen LogP) is 4.70. The van der Waals surface area contributed by atoms with Gasteiger partial charge in [-0.1, -0.05) is 72.8 Å². The molecule has 3 aromatic rings. The number of carbonyl (C=O) groups is 1. The number of benzene rings is 3. The zero-order chi connectivity index (χ0) is 21.5. The lowest BCUT2D eigenvalue weighted by Crippen LogP contribution is -2.50. The van der Waals surface area contributed by atoms with Crippen LogP contribution in [0.25, 0.3) is 0 Å². The molecular formula is C27H30N2O2. The summed E-state index contributed by atoms with van der Waals surface area (Å²) in [5, 5.41) is 0. The lowest BCUT2D eigenvalue weighted by molar-refractivity contribution is -0.133. The van der Waals surface area contributed by atoms with Crippen molar-refractivity contribution in [1.82, 2.24) is 9.80 Å². The van der Waals surface area contributed by atoms with Crippen LogP contribution in [0, 0.1) is 6.92 Å². The van der Waals surface area contributed by atoms with Gasteiger partial charge >= 0.3 is 0 Å². The number of hydrogen-bond donors (Lipinski definition) is 0. The second-order valence-corrected chi connectivity index (χ2v) is 8.06. The Labute approximate surface area is 185 Å². The van der Waals surface area contributed by atoms with Gasteiger partial charge in [-0.3, -0.25) is 9.69 Å². The van der Waals surface area contributed by atoms with Gasteiger partial charge < -0.3 is 9.64 Å². The Balaban J connectivity index is 1.33. The van der Waals surface area contributed by atoms with E-state index in [1.54, 1.807) is 0 Å². The van der Waals surface area contributed by atoms with Crippen molar-refractivity contribution in [2.24, 2.45) is 0 Å². The molecule has 1 amide bonds. The fraction of sp³-hybridized carbons (Fsp3) is 0.296. The van der Waals surface area contributed by atoms with E-state index in [9.17, 15) is 4.79 Å². The molecule has 0 bridgehead atoms. The molecule has 3 aromatic carbocycles. The molecule has 0 atom stereocenters. The minimum Gasteiger partial charge on any atom is -0.493 e. The van der Waals surface area contributed by atoms with Gasteiger partial charge in [-0.15, -0.1) is 0 Å². The molecule has 1 aliphatic heterocycles. The zero-order valence-corrected chi connectivity index (χ0v) is 18.1. The standard InChI is InChI=1S/C27H30N2O2/c1-22-9-8-14-25(21-22)31-20-15-26(30)28-16-18-29(19-17-28)27(23-10-4-2-5-11-23)24-12-6-3-7-13-24/h2-14,21,27H,15-20H2,1H3. The van der Waals surface area contributed by atoms with Crippen LogP contribution in [0.15, 0.2) is 84.9 Å². The first-order valence-electron chi connectivity index (χ1n) is 11.0.